The number of hydrogen-bond acceptors (Lipinski definition) is 9. The largest absolute Gasteiger partial charge is 0.871 e. The molecule has 0 saturated carbocycles. The van der Waals surface area contributed by atoms with Gasteiger partial charge in [0.2, 0.25) is 11.5 Å². The van der Waals surface area contributed by atoms with Gasteiger partial charge in [-0.05, 0) is 78.6 Å². The van der Waals surface area contributed by atoms with Crippen LogP contribution in [-0.4, -0.2) is 48.4 Å². The molecule has 5 aromatic rings. The first-order chi connectivity index (χ1) is 28.1. The third kappa shape index (κ3) is 7.39. The molecule has 2 heterocycles. The Labute approximate surface area is 337 Å². The maximum Gasteiger partial charge on any atom is 0.361 e. The summed E-state index contributed by atoms with van der Waals surface area (Å²) in [5, 5.41) is 13.9. The summed E-state index contributed by atoms with van der Waals surface area (Å²) in [7, 11) is 9.23. The van der Waals surface area contributed by atoms with Gasteiger partial charge in [0.15, 0.2) is 28.8 Å². The molecule has 294 valence electrons. The van der Waals surface area contributed by atoms with Crippen molar-refractivity contribution in [2.75, 3.05) is 42.7 Å². The van der Waals surface area contributed by atoms with E-state index >= 15 is 0 Å². The van der Waals surface area contributed by atoms with Crippen molar-refractivity contribution < 1.29 is 47.5 Å². The van der Waals surface area contributed by atoms with Crippen molar-refractivity contribution in [1.82, 2.24) is 0 Å². The van der Waals surface area contributed by atoms with E-state index in [4.69, 9.17) is 37.6 Å². The third-order valence-corrected chi connectivity index (χ3v) is 9.95. The number of aryl methyl sites for hydroxylation is 2. The zero-order valence-electron chi connectivity index (χ0n) is 33.5. The summed E-state index contributed by atoms with van der Waals surface area (Å²) in [5.41, 5.74) is 6.23. The summed E-state index contributed by atoms with van der Waals surface area (Å²) in [6.07, 6.45) is 6.78. The fourth-order valence-electron chi connectivity index (χ4n) is 6.94. The molecule has 1 aliphatic carbocycles. The highest BCUT2D eigenvalue weighted by Gasteiger charge is 2.29. The maximum atomic E-state index is 13.9. The SMILES string of the molecule is COc1cc(C2=CC(=CC3=C([O-])C(=Cc4cc(-c5cc(OC)c(OC)c(OC)c5)[o+]c(-c5ccccc5C)c4)C3=O)C=C(c3ccccc3C)O2)cc(OC)c1OC. The number of Topliss-reactive ketones (excluding diaryl/α,β-unsaturated/α-hetero) is 1. The predicted octanol–water partition coefficient (Wildman–Crippen LogP) is 9.18. The van der Waals surface area contributed by atoms with Gasteiger partial charge in [-0.3, -0.25) is 4.79 Å². The zero-order chi connectivity index (χ0) is 41.1. The first kappa shape index (κ1) is 39.1. The molecule has 0 unspecified atom stereocenters. The molecule has 10 nitrogen and oxygen atoms in total. The Kier molecular flexibility index (Phi) is 11.1. The summed E-state index contributed by atoms with van der Waals surface area (Å²) in [6.45, 7) is 3.97. The highest BCUT2D eigenvalue weighted by Crippen LogP contribution is 2.45. The second-order valence-electron chi connectivity index (χ2n) is 13.5. The van der Waals surface area contributed by atoms with E-state index in [0.29, 0.717) is 79.8 Å². The average Bonchev–Trinajstić information content (AvgIpc) is 3.26. The summed E-state index contributed by atoms with van der Waals surface area (Å²) in [5.74, 6) is 3.88. The molecular weight excluding hydrogens is 737 g/mol. The summed E-state index contributed by atoms with van der Waals surface area (Å²) in [6, 6.07) is 26.3. The van der Waals surface area contributed by atoms with Gasteiger partial charge in [-0.2, -0.15) is 0 Å². The van der Waals surface area contributed by atoms with Crippen LogP contribution in [0.4, 0.5) is 0 Å². The Bertz CT molecular complexity index is 2560. The smallest absolute Gasteiger partial charge is 0.361 e. The molecule has 10 heteroatoms. The van der Waals surface area contributed by atoms with Crippen LogP contribution in [0.15, 0.2) is 130 Å². The molecule has 2 aliphatic rings. The van der Waals surface area contributed by atoms with Crippen molar-refractivity contribution in [3.05, 3.63) is 153 Å². The van der Waals surface area contributed by atoms with Gasteiger partial charge in [0.25, 0.3) is 0 Å². The van der Waals surface area contributed by atoms with Crippen LogP contribution in [0.5, 0.6) is 34.5 Å². The van der Waals surface area contributed by atoms with Crippen LogP contribution in [-0.2, 0) is 9.53 Å². The Hall–Kier alpha value is -7.20. The highest BCUT2D eigenvalue weighted by atomic mass is 16.5. The molecule has 0 saturated heterocycles. The third-order valence-electron chi connectivity index (χ3n) is 9.95. The minimum atomic E-state index is -0.384. The van der Waals surface area contributed by atoms with E-state index < -0.39 is 0 Å². The number of rotatable bonds is 12. The Morgan fingerprint density at radius 3 is 1.60 bits per heavy atom. The second kappa shape index (κ2) is 16.5. The van der Waals surface area contributed by atoms with Gasteiger partial charge in [-0.1, -0.05) is 48.2 Å². The molecule has 1 aliphatic heterocycles. The molecule has 1 aromatic heterocycles. The van der Waals surface area contributed by atoms with Crippen molar-refractivity contribution in [3.63, 3.8) is 0 Å². The van der Waals surface area contributed by atoms with Gasteiger partial charge in [0.05, 0.1) is 65.9 Å². The highest BCUT2D eigenvalue weighted by molar-refractivity contribution is 6.23. The molecule has 4 aromatic carbocycles. The number of ether oxygens (including phenoxy) is 7. The van der Waals surface area contributed by atoms with E-state index in [1.807, 2.05) is 74.5 Å². The lowest BCUT2D eigenvalue weighted by atomic mass is 9.85. The van der Waals surface area contributed by atoms with Crippen molar-refractivity contribution in [1.29, 1.82) is 0 Å². The average molecular weight is 779 g/mol. The molecule has 0 spiro atoms. The molecular formula is C48H42O10. The number of ketones is 1. The molecule has 0 amide bonds. The second-order valence-corrected chi connectivity index (χ2v) is 13.5. The van der Waals surface area contributed by atoms with Gasteiger partial charge >= 0.3 is 11.5 Å². The van der Waals surface area contributed by atoms with Crippen molar-refractivity contribution in [3.8, 4) is 57.1 Å². The van der Waals surface area contributed by atoms with Crippen LogP contribution in [0.2, 0.25) is 0 Å². The fourth-order valence-corrected chi connectivity index (χ4v) is 6.94. The van der Waals surface area contributed by atoms with Crippen LogP contribution in [0.3, 0.4) is 0 Å². The topological polar surface area (TPSA) is 116 Å². The minimum absolute atomic E-state index is 0.0497. The molecule has 58 heavy (non-hydrogen) atoms. The van der Waals surface area contributed by atoms with Gasteiger partial charge in [-0.15, -0.1) is 0 Å². The molecule has 0 atom stereocenters. The van der Waals surface area contributed by atoms with Crippen LogP contribution in [0.25, 0.3) is 40.2 Å². The van der Waals surface area contributed by atoms with Crippen molar-refractivity contribution >= 4 is 23.4 Å². The van der Waals surface area contributed by atoms with Gasteiger partial charge in [0.1, 0.15) is 11.5 Å². The first-order valence-electron chi connectivity index (χ1n) is 18.3. The summed E-state index contributed by atoms with van der Waals surface area (Å²) in [4.78, 5) is 13.9. The van der Waals surface area contributed by atoms with E-state index in [2.05, 4.69) is 0 Å². The number of benzene rings is 4. The lowest BCUT2D eigenvalue weighted by molar-refractivity contribution is -0.300. The Balaban J connectivity index is 1.34. The van der Waals surface area contributed by atoms with Gasteiger partial charge in [0, 0.05) is 34.4 Å². The monoisotopic (exact) mass is 778 g/mol. The van der Waals surface area contributed by atoms with Crippen LogP contribution in [0.1, 0.15) is 27.8 Å². The quantitative estimate of drug-likeness (QED) is 0.0897. The van der Waals surface area contributed by atoms with E-state index in [1.165, 1.54) is 14.2 Å². The first-order valence-corrected chi connectivity index (χ1v) is 18.3. The van der Waals surface area contributed by atoms with Crippen LogP contribution >= 0.6 is 0 Å². The minimum Gasteiger partial charge on any atom is -0.871 e. The van der Waals surface area contributed by atoms with Crippen molar-refractivity contribution in [2.24, 2.45) is 0 Å². The zero-order valence-corrected chi connectivity index (χ0v) is 33.5. The number of allylic oxidation sites excluding steroid dienone is 6. The number of methoxy groups -OCH3 is 6. The number of hydrogen-bond donors (Lipinski definition) is 0. The summed E-state index contributed by atoms with van der Waals surface area (Å²) < 4.78 is 46.5. The van der Waals surface area contributed by atoms with Crippen LogP contribution < -0.4 is 33.5 Å². The maximum absolute atomic E-state index is 13.9. The van der Waals surface area contributed by atoms with Gasteiger partial charge < -0.3 is 38.3 Å². The van der Waals surface area contributed by atoms with E-state index in [0.717, 1.165) is 22.3 Å². The summed E-state index contributed by atoms with van der Waals surface area (Å²) >= 11 is 0. The number of carbonyl (C=O) groups is 1. The Morgan fingerprint density at radius 1 is 0.586 bits per heavy atom. The molecule has 0 radical (unpaired) electrons. The Morgan fingerprint density at radius 2 is 1.09 bits per heavy atom. The van der Waals surface area contributed by atoms with E-state index in [9.17, 15) is 9.90 Å². The van der Waals surface area contributed by atoms with Crippen LogP contribution in [0, 0.1) is 13.8 Å². The predicted molar refractivity (Wildman–Crippen MR) is 221 cm³/mol. The lowest BCUT2D eigenvalue weighted by Gasteiger charge is -2.29. The fraction of sp³-hybridized carbons (Fsp3) is 0.167. The lowest BCUT2D eigenvalue weighted by Crippen LogP contribution is -2.29. The molecule has 0 bridgehead atoms. The molecule has 0 fully saturated rings. The van der Waals surface area contributed by atoms with E-state index in [1.54, 1.807) is 77.0 Å². The number of carbonyl (C=O) groups excluding carboxylic acids is 1. The molecule has 7 rings (SSSR count). The molecule has 0 N–H and O–H groups in total. The standard InChI is InChI=1S/C48H42O10/c1-27-13-9-11-15-33(27)39-21-29(19-37(57-39)31-23-41(51-3)47(55-7)42(24-31)52-4)17-35-45(49)36(46(35)50)18-30-20-38(58-40(22-30)34-16-12-10-14-28(34)2)32-25-43(53-5)48(56-8)44(26-32)54-6/h9-26H,1-8H3. The normalized spacial score (nSPS) is 15.0. The van der Waals surface area contributed by atoms with Crippen molar-refractivity contribution in [2.45, 2.75) is 13.8 Å². The van der Waals surface area contributed by atoms with E-state index in [-0.39, 0.29) is 22.7 Å². The van der Waals surface area contributed by atoms with Gasteiger partial charge in [-0.25, -0.2) is 4.42 Å².